The molecule has 1 aliphatic heterocycles. The molecule has 0 radical (unpaired) electrons. The molecule has 8 nitrogen and oxygen atoms in total. The standard InChI is InChI=1S/C26H26ClN3O5/c1-3-35-21-10-9-17(15-19(21)27)24(31)22-23(18-7-4-5-8-20(18)34-2)30(26(33)25(22)32)13-6-12-29-14-11-28-16-29/h4-5,7-11,14-16,23,31H,3,6,12-13H2,1-2H3/b24-22+. The fraction of sp³-hybridized carbons (Fsp3) is 0.269. The SMILES string of the molecule is CCOc1ccc(/C(O)=C2\C(=O)C(=O)N(CCCn3ccnc3)C2c2ccccc2OC)cc1Cl. The van der Waals surface area contributed by atoms with Crippen molar-refractivity contribution in [3.63, 3.8) is 0 Å². The summed E-state index contributed by atoms with van der Waals surface area (Å²) in [5, 5.41) is 11.6. The number of halogens is 1. The monoisotopic (exact) mass is 495 g/mol. The fourth-order valence-corrected chi connectivity index (χ4v) is 4.48. The molecule has 1 N–H and O–H groups in total. The van der Waals surface area contributed by atoms with Crippen molar-refractivity contribution in [3.05, 3.63) is 82.9 Å². The Hall–Kier alpha value is -3.78. The van der Waals surface area contributed by atoms with Crippen molar-refractivity contribution in [2.75, 3.05) is 20.3 Å². The number of nitrogens with zero attached hydrogens (tertiary/aromatic N) is 3. The summed E-state index contributed by atoms with van der Waals surface area (Å²) in [5.74, 6) is -0.765. The third-order valence-corrected chi connectivity index (χ3v) is 6.15. The van der Waals surface area contributed by atoms with Gasteiger partial charge in [0.1, 0.15) is 17.3 Å². The summed E-state index contributed by atoms with van der Waals surface area (Å²) in [4.78, 5) is 31.9. The Bertz CT molecular complexity index is 1260. The lowest BCUT2D eigenvalue weighted by Crippen LogP contribution is -2.31. The largest absolute Gasteiger partial charge is 0.507 e. The van der Waals surface area contributed by atoms with E-state index in [0.29, 0.717) is 53.8 Å². The maximum Gasteiger partial charge on any atom is 0.295 e. The van der Waals surface area contributed by atoms with E-state index in [2.05, 4.69) is 4.98 Å². The van der Waals surface area contributed by atoms with Crippen LogP contribution < -0.4 is 9.47 Å². The molecule has 0 spiro atoms. The Morgan fingerprint density at radius 3 is 2.63 bits per heavy atom. The van der Waals surface area contributed by atoms with Crippen molar-refractivity contribution in [2.45, 2.75) is 25.9 Å². The second-order valence-corrected chi connectivity index (χ2v) is 8.37. The number of aliphatic hydroxyl groups is 1. The number of aliphatic hydroxyl groups excluding tert-OH is 1. The van der Waals surface area contributed by atoms with Gasteiger partial charge in [0.05, 0.1) is 36.7 Å². The van der Waals surface area contributed by atoms with Crippen LogP contribution >= 0.6 is 11.6 Å². The minimum absolute atomic E-state index is 0.0117. The van der Waals surface area contributed by atoms with Gasteiger partial charge in [-0.05, 0) is 37.6 Å². The van der Waals surface area contributed by atoms with E-state index in [1.165, 1.54) is 18.1 Å². The highest BCUT2D eigenvalue weighted by Gasteiger charge is 2.46. The summed E-state index contributed by atoms with van der Waals surface area (Å²) in [6.07, 6.45) is 5.80. The highest BCUT2D eigenvalue weighted by atomic mass is 35.5. The van der Waals surface area contributed by atoms with Crippen molar-refractivity contribution in [1.82, 2.24) is 14.5 Å². The Morgan fingerprint density at radius 2 is 1.94 bits per heavy atom. The lowest BCUT2D eigenvalue weighted by molar-refractivity contribution is -0.140. The highest BCUT2D eigenvalue weighted by Crippen LogP contribution is 2.43. The molecule has 1 aromatic heterocycles. The lowest BCUT2D eigenvalue weighted by Gasteiger charge is -2.26. The second kappa shape index (κ2) is 10.7. The van der Waals surface area contributed by atoms with Gasteiger partial charge in [0.15, 0.2) is 0 Å². The molecule has 1 aliphatic rings. The number of carbonyl (C=O) groups is 2. The van der Waals surface area contributed by atoms with E-state index in [0.717, 1.165) is 0 Å². The van der Waals surface area contributed by atoms with Crippen molar-refractivity contribution < 1.29 is 24.2 Å². The van der Waals surface area contributed by atoms with Gasteiger partial charge in [-0.25, -0.2) is 4.98 Å². The van der Waals surface area contributed by atoms with Gasteiger partial charge in [0.25, 0.3) is 11.7 Å². The highest BCUT2D eigenvalue weighted by molar-refractivity contribution is 6.46. The number of ether oxygens (including phenoxy) is 2. The van der Waals surface area contributed by atoms with Gasteiger partial charge in [-0.15, -0.1) is 0 Å². The number of amides is 1. The Morgan fingerprint density at radius 1 is 1.14 bits per heavy atom. The maximum absolute atomic E-state index is 13.2. The molecule has 1 fully saturated rings. The van der Waals surface area contributed by atoms with Crippen molar-refractivity contribution in [3.8, 4) is 11.5 Å². The van der Waals surface area contributed by atoms with Crippen LogP contribution in [0, 0.1) is 0 Å². The summed E-state index contributed by atoms with van der Waals surface area (Å²) < 4.78 is 12.9. The molecular formula is C26H26ClN3O5. The van der Waals surface area contributed by atoms with Gasteiger partial charge in [-0.1, -0.05) is 29.8 Å². The van der Waals surface area contributed by atoms with E-state index >= 15 is 0 Å². The summed E-state index contributed by atoms with van der Waals surface area (Å²) in [6.45, 7) is 3.19. The number of likely N-dealkylation sites (tertiary alicyclic amines) is 1. The van der Waals surface area contributed by atoms with Gasteiger partial charge in [0, 0.05) is 36.6 Å². The van der Waals surface area contributed by atoms with Gasteiger partial charge >= 0.3 is 0 Å². The summed E-state index contributed by atoms with van der Waals surface area (Å²) in [6, 6.07) is 11.1. The lowest BCUT2D eigenvalue weighted by atomic mass is 9.94. The quantitative estimate of drug-likeness (QED) is 0.268. The molecule has 9 heteroatoms. The van der Waals surface area contributed by atoms with Gasteiger partial charge in [0.2, 0.25) is 0 Å². The fourth-order valence-electron chi connectivity index (χ4n) is 4.25. The van der Waals surface area contributed by atoms with Gasteiger partial charge in [-0.2, -0.15) is 0 Å². The number of carbonyl (C=O) groups excluding carboxylic acids is 2. The van der Waals surface area contributed by atoms with E-state index in [9.17, 15) is 14.7 Å². The minimum Gasteiger partial charge on any atom is -0.507 e. The number of hydrogen-bond acceptors (Lipinski definition) is 6. The predicted octanol–water partition coefficient (Wildman–Crippen LogP) is 4.46. The summed E-state index contributed by atoms with van der Waals surface area (Å²) >= 11 is 6.32. The molecular weight excluding hydrogens is 470 g/mol. The smallest absolute Gasteiger partial charge is 0.295 e. The van der Waals surface area contributed by atoms with Gasteiger partial charge in [-0.3, -0.25) is 9.59 Å². The molecule has 3 aromatic rings. The third kappa shape index (κ3) is 4.88. The molecule has 1 saturated heterocycles. The van der Waals surface area contributed by atoms with Crippen molar-refractivity contribution >= 4 is 29.1 Å². The maximum atomic E-state index is 13.2. The molecule has 1 unspecified atom stereocenters. The average molecular weight is 496 g/mol. The van der Waals surface area contributed by atoms with E-state index in [-0.39, 0.29) is 11.3 Å². The second-order valence-electron chi connectivity index (χ2n) is 7.97. The third-order valence-electron chi connectivity index (χ3n) is 5.85. The average Bonchev–Trinajstić information content (AvgIpc) is 3.47. The molecule has 0 aliphatic carbocycles. The first kappa shape index (κ1) is 24.3. The molecule has 2 heterocycles. The van der Waals surface area contributed by atoms with Crippen molar-refractivity contribution in [1.29, 1.82) is 0 Å². The first-order valence-electron chi connectivity index (χ1n) is 11.3. The minimum atomic E-state index is -0.820. The van der Waals surface area contributed by atoms with E-state index in [1.807, 2.05) is 17.7 Å². The van der Waals surface area contributed by atoms with Crippen LogP contribution in [0.15, 0.2) is 66.8 Å². The van der Waals surface area contributed by atoms with E-state index < -0.39 is 17.7 Å². The normalized spacial score (nSPS) is 17.1. The number of aryl methyl sites for hydroxylation is 1. The number of Topliss-reactive ketones (excluding diaryl/α,β-unsaturated/α-hetero) is 1. The molecule has 2 aromatic carbocycles. The van der Waals surface area contributed by atoms with Crippen LogP contribution in [-0.2, 0) is 16.1 Å². The molecule has 0 saturated carbocycles. The van der Waals surface area contributed by atoms with E-state index in [1.54, 1.807) is 48.9 Å². The molecule has 4 rings (SSSR count). The van der Waals surface area contributed by atoms with Crippen LogP contribution in [0.2, 0.25) is 5.02 Å². The van der Waals surface area contributed by atoms with Crippen molar-refractivity contribution in [2.24, 2.45) is 0 Å². The van der Waals surface area contributed by atoms with Crippen LogP contribution in [0.4, 0.5) is 0 Å². The number of rotatable bonds is 9. The number of aromatic nitrogens is 2. The number of para-hydroxylation sites is 1. The van der Waals surface area contributed by atoms with Crippen LogP contribution in [0.25, 0.3) is 5.76 Å². The zero-order valence-electron chi connectivity index (χ0n) is 19.5. The topological polar surface area (TPSA) is 93.9 Å². The molecule has 35 heavy (non-hydrogen) atoms. The Labute approximate surface area is 208 Å². The summed E-state index contributed by atoms with van der Waals surface area (Å²) in [7, 11) is 1.52. The van der Waals surface area contributed by atoms with Crippen LogP contribution in [-0.4, -0.2) is 51.5 Å². The number of ketones is 1. The molecule has 182 valence electrons. The first-order chi connectivity index (χ1) is 17.0. The van der Waals surface area contributed by atoms with E-state index in [4.69, 9.17) is 21.1 Å². The number of hydrogen-bond donors (Lipinski definition) is 1. The molecule has 0 bridgehead atoms. The zero-order valence-corrected chi connectivity index (χ0v) is 20.2. The van der Waals surface area contributed by atoms with Gasteiger partial charge < -0.3 is 24.0 Å². The number of methoxy groups -OCH3 is 1. The molecule has 1 atom stereocenters. The van der Waals surface area contributed by atoms with Crippen LogP contribution in [0.3, 0.4) is 0 Å². The predicted molar refractivity (Wildman–Crippen MR) is 131 cm³/mol. The van der Waals surface area contributed by atoms with Crippen LogP contribution in [0.1, 0.15) is 30.5 Å². The number of imidazole rings is 1. The first-order valence-corrected chi connectivity index (χ1v) is 11.6. The molecule has 1 amide bonds. The van der Waals surface area contributed by atoms with Crippen LogP contribution in [0.5, 0.6) is 11.5 Å². The Kier molecular flexibility index (Phi) is 7.41. The summed E-state index contributed by atoms with van der Waals surface area (Å²) in [5.41, 5.74) is 0.910. The zero-order chi connectivity index (χ0) is 24.9. The Balaban J connectivity index is 1.77. The number of benzene rings is 2.